The number of halogens is 2. The lowest BCUT2D eigenvalue weighted by Gasteiger charge is -2.29. The minimum Gasteiger partial charge on any atom is -0.330 e. The van der Waals surface area contributed by atoms with Crippen molar-refractivity contribution in [2.45, 2.75) is 44.3 Å². The number of hydrogen-bond acceptors (Lipinski definition) is 5. The number of carbonyl (C=O) groups excluding carboxylic acids is 3. The van der Waals surface area contributed by atoms with E-state index in [1.807, 2.05) is 0 Å². The molecule has 1 aromatic carbocycles. The number of carbonyl (C=O) groups is 3. The molecule has 27 heavy (non-hydrogen) atoms. The second kappa shape index (κ2) is 7.69. The van der Waals surface area contributed by atoms with E-state index in [1.54, 1.807) is 18.2 Å². The molecule has 1 unspecified atom stereocenters. The third-order valence-corrected chi connectivity index (χ3v) is 4.85. The summed E-state index contributed by atoms with van der Waals surface area (Å²) < 4.78 is 27.1. The fraction of sp³-hybridized carbons (Fsp3) is 0.500. The van der Waals surface area contributed by atoms with Crippen LogP contribution in [0, 0.1) is 0 Å². The van der Waals surface area contributed by atoms with Gasteiger partial charge in [-0.25, -0.2) is 8.78 Å². The van der Waals surface area contributed by atoms with E-state index in [0.717, 1.165) is 5.56 Å². The first-order valence-corrected chi connectivity index (χ1v) is 8.86. The van der Waals surface area contributed by atoms with Crippen molar-refractivity contribution in [3.05, 3.63) is 34.9 Å². The second-order valence-electron chi connectivity index (χ2n) is 6.85. The molecule has 2 heterocycles. The van der Waals surface area contributed by atoms with E-state index >= 15 is 0 Å². The first kappa shape index (κ1) is 19.4. The molecular formula is C18H22F2N4O3. The zero-order valence-electron chi connectivity index (χ0n) is 14.8. The summed E-state index contributed by atoms with van der Waals surface area (Å²) in [7, 11) is 0. The third kappa shape index (κ3) is 4.14. The van der Waals surface area contributed by atoms with Crippen molar-refractivity contribution in [1.29, 1.82) is 0 Å². The molecule has 0 bridgehead atoms. The maximum atomic E-state index is 13.6. The average Bonchev–Trinajstić information content (AvgIpc) is 2.92. The minimum atomic E-state index is -2.91. The molecule has 2 aliphatic rings. The first-order valence-electron chi connectivity index (χ1n) is 8.86. The number of imide groups is 1. The van der Waals surface area contributed by atoms with Gasteiger partial charge in [-0.05, 0) is 24.1 Å². The molecule has 0 radical (unpaired) electrons. The molecule has 0 aromatic heterocycles. The van der Waals surface area contributed by atoms with E-state index in [2.05, 4.69) is 10.6 Å². The van der Waals surface area contributed by atoms with Crippen molar-refractivity contribution in [1.82, 2.24) is 15.5 Å². The van der Waals surface area contributed by atoms with E-state index in [-0.39, 0.29) is 44.3 Å². The summed E-state index contributed by atoms with van der Waals surface area (Å²) in [6.45, 7) is -0.260. The molecule has 1 atom stereocenters. The van der Waals surface area contributed by atoms with Crippen LogP contribution >= 0.6 is 0 Å². The van der Waals surface area contributed by atoms with E-state index < -0.39 is 30.8 Å². The Balaban J connectivity index is 1.71. The second-order valence-corrected chi connectivity index (χ2v) is 6.85. The van der Waals surface area contributed by atoms with Crippen LogP contribution in [-0.2, 0) is 22.7 Å². The summed E-state index contributed by atoms with van der Waals surface area (Å²) in [4.78, 5) is 37.7. The molecule has 0 aliphatic carbocycles. The summed E-state index contributed by atoms with van der Waals surface area (Å²) in [5, 5.41) is 4.94. The largest absolute Gasteiger partial charge is 0.330 e. The van der Waals surface area contributed by atoms with Gasteiger partial charge in [-0.1, -0.05) is 18.2 Å². The van der Waals surface area contributed by atoms with Gasteiger partial charge in [0, 0.05) is 31.5 Å². The Morgan fingerprint density at radius 2 is 2.07 bits per heavy atom. The number of nitrogens with one attached hydrogen (secondary N) is 2. The molecule has 146 valence electrons. The highest BCUT2D eigenvalue weighted by Crippen LogP contribution is 2.30. The van der Waals surface area contributed by atoms with Crippen molar-refractivity contribution in [2.24, 2.45) is 5.73 Å². The Kier molecular flexibility index (Phi) is 5.52. The van der Waals surface area contributed by atoms with Crippen molar-refractivity contribution in [3.8, 4) is 0 Å². The van der Waals surface area contributed by atoms with Crippen LogP contribution in [0.3, 0.4) is 0 Å². The van der Waals surface area contributed by atoms with Gasteiger partial charge in [0.05, 0.1) is 6.54 Å². The van der Waals surface area contributed by atoms with Crippen LogP contribution in [0.2, 0.25) is 0 Å². The summed E-state index contributed by atoms with van der Waals surface area (Å²) >= 11 is 0. The van der Waals surface area contributed by atoms with Crippen LogP contribution in [0.1, 0.15) is 40.7 Å². The molecule has 1 saturated heterocycles. The van der Waals surface area contributed by atoms with Crippen LogP contribution in [-0.4, -0.2) is 47.7 Å². The normalized spacial score (nSPS) is 20.0. The van der Waals surface area contributed by atoms with Gasteiger partial charge in [-0.15, -0.1) is 0 Å². The predicted molar refractivity (Wildman–Crippen MR) is 92.8 cm³/mol. The Morgan fingerprint density at radius 1 is 1.30 bits per heavy atom. The first-order chi connectivity index (χ1) is 12.8. The SMILES string of the molecule is NCCC(F)(F)CNCc1cccc2c1C(=O)N(C1CCC(=O)NC1=O)C2. The van der Waals surface area contributed by atoms with Gasteiger partial charge < -0.3 is 16.0 Å². The highest BCUT2D eigenvalue weighted by Gasteiger charge is 2.40. The standard InChI is InChI=1S/C18H22F2N4O3/c19-18(20,6-7-21)10-22-8-11-2-1-3-12-9-24(17(27)15(11)12)13-4-5-14(25)23-16(13)26/h1-3,13,22H,4-10,21H2,(H,23,25,26). The summed E-state index contributed by atoms with van der Waals surface area (Å²) in [6, 6.07) is 4.55. The van der Waals surface area contributed by atoms with Crippen molar-refractivity contribution >= 4 is 17.7 Å². The Morgan fingerprint density at radius 3 is 2.78 bits per heavy atom. The number of alkyl halides is 2. The van der Waals surface area contributed by atoms with Crippen LogP contribution in [0.4, 0.5) is 8.78 Å². The van der Waals surface area contributed by atoms with E-state index in [1.165, 1.54) is 4.90 Å². The lowest BCUT2D eigenvalue weighted by Crippen LogP contribution is -2.52. The summed E-state index contributed by atoms with van der Waals surface area (Å²) in [5.74, 6) is -4.04. The fourth-order valence-corrected chi connectivity index (χ4v) is 3.52. The molecule has 2 aliphatic heterocycles. The van der Waals surface area contributed by atoms with Crippen LogP contribution < -0.4 is 16.4 Å². The third-order valence-electron chi connectivity index (χ3n) is 4.85. The zero-order chi connectivity index (χ0) is 19.6. The maximum Gasteiger partial charge on any atom is 0.261 e. The maximum absolute atomic E-state index is 13.6. The highest BCUT2D eigenvalue weighted by atomic mass is 19.3. The molecule has 0 spiro atoms. The topological polar surface area (TPSA) is 105 Å². The number of piperidine rings is 1. The average molecular weight is 380 g/mol. The molecule has 1 fully saturated rings. The number of rotatable bonds is 7. The van der Waals surface area contributed by atoms with Crippen LogP contribution in [0.25, 0.3) is 0 Å². The monoisotopic (exact) mass is 380 g/mol. The molecule has 3 rings (SSSR count). The zero-order valence-corrected chi connectivity index (χ0v) is 14.8. The number of fused-ring (bicyclic) bond motifs is 1. The van der Waals surface area contributed by atoms with Gasteiger partial charge in [-0.2, -0.15) is 0 Å². The van der Waals surface area contributed by atoms with Crippen molar-refractivity contribution in [3.63, 3.8) is 0 Å². The van der Waals surface area contributed by atoms with Crippen LogP contribution in [0.5, 0.6) is 0 Å². The van der Waals surface area contributed by atoms with Gasteiger partial charge in [0.1, 0.15) is 6.04 Å². The number of benzene rings is 1. The summed E-state index contributed by atoms with van der Waals surface area (Å²) in [6.07, 6.45) is 0.0551. The van der Waals surface area contributed by atoms with Crippen molar-refractivity contribution in [2.75, 3.05) is 13.1 Å². The smallest absolute Gasteiger partial charge is 0.261 e. The number of nitrogens with two attached hydrogens (primary N) is 1. The number of hydrogen-bond donors (Lipinski definition) is 3. The van der Waals surface area contributed by atoms with E-state index in [9.17, 15) is 23.2 Å². The Hall–Kier alpha value is -2.39. The minimum absolute atomic E-state index is 0.102. The molecule has 3 amide bonds. The fourth-order valence-electron chi connectivity index (χ4n) is 3.52. The predicted octanol–water partition coefficient (Wildman–Crippen LogP) is 0.521. The molecule has 0 saturated carbocycles. The molecule has 1 aromatic rings. The quantitative estimate of drug-likeness (QED) is 0.599. The molecule has 7 nitrogen and oxygen atoms in total. The van der Waals surface area contributed by atoms with E-state index in [0.29, 0.717) is 11.1 Å². The van der Waals surface area contributed by atoms with Gasteiger partial charge in [0.25, 0.3) is 11.8 Å². The van der Waals surface area contributed by atoms with Gasteiger partial charge in [0.15, 0.2) is 0 Å². The Bertz CT molecular complexity index is 769. The van der Waals surface area contributed by atoms with Gasteiger partial charge >= 0.3 is 0 Å². The molecular weight excluding hydrogens is 358 g/mol. The molecule has 4 N–H and O–H groups in total. The van der Waals surface area contributed by atoms with Crippen molar-refractivity contribution < 1.29 is 23.2 Å². The summed E-state index contributed by atoms with van der Waals surface area (Å²) in [5.41, 5.74) is 6.98. The lowest BCUT2D eigenvalue weighted by molar-refractivity contribution is -0.136. The van der Waals surface area contributed by atoms with E-state index in [4.69, 9.17) is 5.73 Å². The Labute approximate surface area is 155 Å². The number of amides is 3. The van der Waals surface area contributed by atoms with Gasteiger partial charge in [-0.3, -0.25) is 19.7 Å². The highest BCUT2D eigenvalue weighted by molar-refractivity contribution is 6.05. The number of nitrogens with zero attached hydrogens (tertiary/aromatic N) is 1. The lowest BCUT2D eigenvalue weighted by atomic mass is 10.0. The van der Waals surface area contributed by atoms with Crippen LogP contribution in [0.15, 0.2) is 18.2 Å². The molecule has 9 heteroatoms. The van der Waals surface area contributed by atoms with Gasteiger partial charge in [0.2, 0.25) is 11.8 Å².